The van der Waals surface area contributed by atoms with Crippen LogP contribution in [0.5, 0.6) is 0 Å². The van der Waals surface area contributed by atoms with Crippen LogP contribution in [0.4, 0.5) is 10.6 Å². The first kappa shape index (κ1) is 21.3. The number of carboxylic acid groups (broad SMARTS) is 1. The Morgan fingerprint density at radius 3 is 2.55 bits per heavy atom. The molecule has 3 rings (SSSR count). The van der Waals surface area contributed by atoms with Gasteiger partial charge in [-0.2, -0.15) is 0 Å². The van der Waals surface area contributed by atoms with Crippen molar-refractivity contribution in [3.05, 3.63) is 30.0 Å². The second kappa shape index (κ2) is 8.95. The van der Waals surface area contributed by atoms with Crippen molar-refractivity contribution in [3.8, 4) is 0 Å². The number of likely N-dealkylation sites (tertiary alicyclic amines) is 1. The third kappa shape index (κ3) is 5.79. The van der Waals surface area contributed by atoms with Gasteiger partial charge in [-0.1, -0.05) is 12.8 Å². The maximum Gasteiger partial charge on any atom is 0.416 e. The Balaban J connectivity index is 1.79. The van der Waals surface area contributed by atoms with E-state index in [4.69, 9.17) is 9.84 Å². The smallest absolute Gasteiger partial charge is 0.416 e. The highest BCUT2D eigenvalue weighted by atomic mass is 16.6. The maximum atomic E-state index is 13.0. The molecular formula is C22H31N3O4. The number of nitrogens with zero attached hydrogens (tertiary/aromatic N) is 3. The highest BCUT2D eigenvalue weighted by Gasteiger charge is 2.37. The lowest BCUT2D eigenvalue weighted by Crippen LogP contribution is -2.46. The molecule has 2 aliphatic rings. The molecule has 1 atom stereocenters. The summed E-state index contributed by atoms with van der Waals surface area (Å²) in [5.41, 5.74) is 0.0720. The largest absolute Gasteiger partial charge is 0.478 e. The van der Waals surface area contributed by atoms with Crippen molar-refractivity contribution in [3.63, 3.8) is 0 Å². The predicted molar refractivity (Wildman–Crippen MR) is 112 cm³/mol. The van der Waals surface area contributed by atoms with Gasteiger partial charge in [0.05, 0.1) is 6.04 Å². The summed E-state index contributed by atoms with van der Waals surface area (Å²) in [7, 11) is 0. The molecule has 1 amide bonds. The predicted octanol–water partition coefficient (Wildman–Crippen LogP) is 3.94. The van der Waals surface area contributed by atoms with Gasteiger partial charge in [-0.3, -0.25) is 9.80 Å². The molecule has 0 spiro atoms. The molecule has 1 saturated carbocycles. The average Bonchev–Trinajstić information content (AvgIpc) is 3.31. The Kier molecular flexibility index (Phi) is 6.57. The van der Waals surface area contributed by atoms with Crippen molar-refractivity contribution in [2.24, 2.45) is 0 Å². The molecule has 0 unspecified atom stereocenters. The minimum atomic E-state index is -1.01. The van der Waals surface area contributed by atoms with Gasteiger partial charge in [0.15, 0.2) is 0 Å². The zero-order chi connectivity index (χ0) is 21.0. The van der Waals surface area contributed by atoms with Gasteiger partial charge in [0.25, 0.3) is 0 Å². The highest BCUT2D eigenvalue weighted by molar-refractivity contribution is 5.88. The van der Waals surface area contributed by atoms with Crippen molar-refractivity contribution < 1.29 is 19.4 Å². The molecule has 1 aliphatic carbocycles. The van der Waals surface area contributed by atoms with E-state index in [1.165, 1.54) is 31.8 Å². The summed E-state index contributed by atoms with van der Waals surface area (Å²) in [4.78, 5) is 32.3. The number of rotatable bonds is 5. The zero-order valence-electron chi connectivity index (χ0n) is 17.5. The van der Waals surface area contributed by atoms with E-state index in [0.29, 0.717) is 17.4 Å². The summed E-state index contributed by atoms with van der Waals surface area (Å²) in [6.45, 7) is 7.38. The lowest BCUT2D eigenvalue weighted by atomic mass is 10.2. The Bertz CT molecular complexity index is 748. The van der Waals surface area contributed by atoms with Crippen LogP contribution in [0.1, 0.15) is 58.4 Å². The third-order valence-electron chi connectivity index (χ3n) is 5.43. The van der Waals surface area contributed by atoms with Gasteiger partial charge >= 0.3 is 12.1 Å². The number of anilines is 1. The summed E-state index contributed by atoms with van der Waals surface area (Å²) in [6, 6.07) is 4.15. The monoisotopic (exact) mass is 401 g/mol. The van der Waals surface area contributed by atoms with Crippen LogP contribution in [-0.4, -0.2) is 57.8 Å². The SMILES string of the molecule is CC(C)(C)OC(=O)N(c1ccc(/C=C/C(=O)O)cn1)[C@@H]1CCN(C2CCCC2)C1. The third-order valence-corrected chi connectivity index (χ3v) is 5.43. The Morgan fingerprint density at radius 1 is 1.24 bits per heavy atom. The van der Waals surface area contributed by atoms with Crippen LogP contribution in [0.2, 0.25) is 0 Å². The van der Waals surface area contributed by atoms with Gasteiger partial charge in [-0.25, -0.2) is 14.6 Å². The summed E-state index contributed by atoms with van der Waals surface area (Å²) in [5, 5.41) is 8.78. The lowest BCUT2D eigenvalue weighted by molar-refractivity contribution is -0.131. The number of carboxylic acids is 1. The first-order valence-corrected chi connectivity index (χ1v) is 10.4. The van der Waals surface area contributed by atoms with Gasteiger partial charge in [0.1, 0.15) is 11.4 Å². The summed E-state index contributed by atoms with van der Waals surface area (Å²) < 4.78 is 5.67. The molecule has 1 N–H and O–H groups in total. The van der Waals surface area contributed by atoms with Crippen LogP contribution in [0.3, 0.4) is 0 Å². The second-order valence-electron chi connectivity index (χ2n) is 8.85. The fraction of sp³-hybridized carbons (Fsp3) is 0.591. The number of aromatic nitrogens is 1. The number of hydrogen-bond donors (Lipinski definition) is 1. The molecule has 2 heterocycles. The van der Waals surface area contributed by atoms with Crippen LogP contribution in [0.25, 0.3) is 6.08 Å². The second-order valence-corrected chi connectivity index (χ2v) is 8.85. The molecule has 7 nitrogen and oxygen atoms in total. The quantitative estimate of drug-likeness (QED) is 0.753. The standard InChI is InChI=1S/C22H31N3O4/c1-22(2,3)29-21(28)25(18-12-13-24(15-18)17-6-4-5-7-17)19-10-8-16(14-23-19)9-11-20(26)27/h8-11,14,17-18H,4-7,12-13,15H2,1-3H3,(H,26,27)/b11-9+/t18-/m1/s1. The van der Waals surface area contributed by atoms with Crippen LogP contribution in [0, 0.1) is 0 Å². The maximum absolute atomic E-state index is 13.0. The first-order chi connectivity index (χ1) is 13.7. The number of carbonyl (C=O) groups is 2. The van der Waals surface area contributed by atoms with Gasteiger partial charge in [-0.15, -0.1) is 0 Å². The number of carbonyl (C=O) groups excluding carboxylic acids is 1. The van der Waals surface area contributed by atoms with E-state index in [-0.39, 0.29) is 6.04 Å². The fourth-order valence-corrected chi connectivity index (χ4v) is 4.13. The Hall–Kier alpha value is -2.41. The van der Waals surface area contributed by atoms with Crippen molar-refractivity contribution in [2.75, 3.05) is 18.0 Å². The van der Waals surface area contributed by atoms with Crippen LogP contribution in [0.15, 0.2) is 24.4 Å². The minimum Gasteiger partial charge on any atom is -0.478 e. The van der Waals surface area contributed by atoms with E-state index in [1.807, 2.05) is 20.8 Å². The van der Waals surface area contributed by atoms with Gasteiger partial charge in [0, 0.05) is 31.4 Å². The fourth-order valence-electron chi connectivity index (χ4n) is 4.13. The van der Waals surface area contributed by atoms with E-state index < -0.39 is 17.7 Å². The van der Waals surface area contributed by atoms with Crippen molar-refractivity contribution in [2.45, 2.75) is 70.6 Å². The molecular weight excluding hydrogens is 370 g/mol. The highest BCUT2D eigenvalue weighted by Crippen LogP contribution is 2.30. The van der Waals surface area contributed by atoms with Crippen LogP contribution < -0.4 is 4.90 Å². The first-order valence-electron chi connectivity index (χ1n) is 10.4. The van der Waals surface area contributed by atoms with Gasteiger partial charge in [0.2, 0.25) is 0 Å². The van der Waals surface area contributed by atoms with E-state index in [9.17, 15) is 9.59 Å². The van der Waals surface area contributed by atoms with E-state index in [2.05, 4.69) is 9.88 Å². The topological polar surface area (TPSA) is 83.0 Å². The molecule has 2 fully saturated rings. The molecule has 0 aromatic carbocycles. The van der Waals surface area contributed by atoms with Crippen molar-refractivity contribution in [1.82, 2.24) is 9.88 Å². The molecule has 1 aromatic rings. The molecule has 0 radical (unpaired) electrons. The number of aliphatic carboxylic acids is 1. The van der Waals surface area contributed by atoms with E-state index in [1.54, 1.807) is 23.2 Å². The molecule has 1 saturated heterocycles. The molecule has 1 aromatic heterocycles. The molecule has 29 heavy (non-hydrogen) atoms. The van der Waals surface area contributed by atoms with Gasteiger partial charge in [-0.05, 0) is 63.8 Å². The number of ether oxygens (including phenoxy) is 1. The number of hydrogen-bond acceptors (Lipinski definition) is 5. The zero-order valence-corrected chi connectivity index (χ0v) is 17.5. The normalized spacial score (nSPS) is 21.0. The molecule has 1 aliphatic heterocycles. The number of amides is 1. The summed E-state index contributed by atoms with van der Waals surface area (Å²) >= 11 is 0. The summed E-state index contributed by atoms with van der Waals surface area (Å²) in [5.74, 6) is -0.479. The summed E-state index contributed by atoms with van der Waals surface area (Å²) in [6.07, 6.45) is 9.67. The molecule has 158 valence electrons. The average molecular weight is 402 g/mol. The van der Waals surface area contributed by atoms with Gasteiger partial charge < -0.3 is 9.84 Å². The van der Waals surface area contributed by atoms with E-state index in [0.717, 1.165) is 25.6 Å². The Labute approximate surface area is 172 Å². The minimum absolute atomic E-state index is 0.0124. The van der Waals surface area contributed by atoms with Crippen LogP contribution >= 0.6 is 0 Å². The lowest BCUT2D eigenvalue weighted by Gasteiger charge is -2.31. The van der Waals surface area contributed by atoms with Crippen molar-refractivity contribution in [1.29, 1.82) is 0 Å². The van der Waals surface area contributed by atoms with Crippen molar-refractivity contribution >= 4 is 24.0 Å². The molecule has 7 heteroatoms. The number of pyridine rings is 1. The van der Waals surface area contributed by atoms with Crippen LogP contribution in [-0.2, 0) is 9.53 Å². The Morgan fingerprint density at radius 2 is 1.97 bits per heavy atom. The molecule has 0 bridgehead atoms. The van der Waals surface area contributed by atoms with E-state index >= 15 is 0 Å².